The number of hydrogen-bond acceptors (Lipinski definition) is 4. The van der Waals surface area contributed by atoms with Crippen LogP contribution in [-0.2, 0) is 6.42 Å². The van der Waals surface area contributed by atoms with Crippen LogP contribution in [0.4, 0.5) is 0 Å². The Kier molecular flexibility index (Phi) is 3.94. The van der Waals surface area contributed by atoms with E-state index in [2.05, 4.69) is 19.1 Å². The first-order valence-electron chi connectivity index (χ1n) is 7.01. The third-order valence-corrected chi connectivity index (χ3v) is 4.78. The summed E-state index contributed by atoms with van der Waals surface area (Å²) in [5, 5.41) is 0. The van der Waals surface area contributed by atoms with Gasteiger partial charge in [0.1, 0.15) is 0 Å². The van der Waals surface area contributed by atoms with Crippen molar-refractivity contribution in [2.75, 3.05) is 13.2 Å². The zero-order chi connectivity index (χ0) is 13.9. The molecule has 0 aliphatic carbocycles. The number of rotatable bonds is 3. The zero-order valence-electron chi connectivity index (χ0n) is 11.6. The van der Waals surface area contributed by atoms with Gasteiger partial charge in [0, 0.05) is 16.2 Å². The van der Waals surface area contributed by atoms with E-state index in [9.17, 15) is 0 Å². The molecule has 0 saturated heterocycles. The lowest BCUT2D eigenvalue weighted by atomic mass is 10.1. The molecule has 2 aromatic rings. The Labute approximate surface area is 123 Å². The lowest BCUT2D eigenvalue weighted by Gasteiger charge is -2.13. The van der Waals surface area contributed by atoms with E-state index in [1.165, 1.54) is 9.75 Å². The minimum atomic E-state index is -0.0996. The van der Waals surface area contributed by atoms with E-state index in [0.717, 1.165) is 29.9 Å². The second-order valence-corrected chi connectivity index (χ2v) is 6.09. The van der Waals surface area contributed by atoms with Gasteiger partial charge in [0.15, 0.2) is 11.5 Å². The van der Waals surface area contributed by atoms with Crippen molar-refractivity contribution in [1.82, 2.24) is 0 Å². The summed E-state index contributed by atoms with van der Waals surface area (Å²) < 4.78 is 11.4. The fraction of sp³-hybridized carbons (Fsp3) is 0.375. The van der Waals surface area contributed by atoms with Gasteiger partial charge in [0.25, 0.3) is 0 Å². The molecule has 2 heterocycles. The number of fused-ring (bicyclic) bond motifs is 1. The minimum Gasteiger partial charge on any atom is -0.490 e. The molecule has 0 spiro atoms. The molecule has 0 bridgehead atoms. The monoisotopic (exact) mass is 289 g/mol. The van der Waals surface area contributed by atoms with Crippen LogP contribution >= 0.6 is 11.3 Å². The fourth-order valence-corrected chi connectivity index (χ4v) is 3.27. The van der Waals surface area contributed by atoms with Crippen LogP contribution in [0.3, 0.4) is 0 Å². The molecule has 1 aromatic carbocycles. The molecule has 106 valence electrons. The third-order valence-electron chi connectivity index (χ3n) is 3.47. The van der Waals surface area contributed by atoms with Crippen LogP contribution in [0.1, 0.15) is 34.7 Å². The van der Waals surface area contributed by atoms with E-state index in [4.69, 9.17) is 15.2 Å². The summed E-state index contributed by atoms with van der Waals surface area (Å²) in [6.07, 6.45) is 1.97. The van der Waals surface area contributed by atoms with Crippen molar-refractivity contribution in [3.8, 4) is 11.5 Å². The quantitative estimate of drug-likeness (QED) is 0.940. The van der Waals surface area contributed by atoms with Crippen molar-refractivity contribution in [2.24, 2.45) is 5.73 Å². The van der Waals surface area contributed by atoms with Gasteiger partial charge in [-0.1, -0.05) is 13.0 Å². The highest BCUT2D eigenvalue weighted by Gasteiger charge is 2.16. The van der Waals surface area contributed by atoms with E-state index in [-0.39, 0.29) is 6.04 Å². The molecular formula is C16H19NO2S. The number of thiophene rings is 1. The van der Waals surface area contributed by atoms with Gasteiger partial charge in [0.05, 0.1) is 19.3 Å². The van der Waals surface area contributed by atoms with Crippen LogP contribution in [-0.4, -0.2) is 13.2 Å². The highest BCUT2D eigenvalue weighted by Crippen LogP contribution is 2.34. The number of ether oxygens (including phenoxy) is 2. The van der Waals surface area contributed by atoms with Crippen molar-refractivity contribution in [2.45, 2.75) is 25.8 Å². The molecule has 0 radical (unpaired) electrons. The molecule has 0 saturated carbocycles. The Morgan fingerprint density at radius 2 is 1.95 bits per heavy atom. The molecule has 2 N–H and O–H groups in total. The van der Waals surface area contributed by atoms with Gasteiger partial charge in [-0.05, 0) is 36.2 Å². The highest BCUT2D eigenvalue weighted by atomic mass is 32.1. The van der Waals surface area contributed by atoms with Crippen molar-refractivity contribution < 1.29 is 9.47 Å². The van der Waals surface area contributed by atoms with Gasteiger partial charge < -0.3 is 15.2 Å². The molecule has 1 unspecified atom stereocenters. The molecule has 1 atom stereocenters. The molecule has 0 amide bonds. The Morgan fingerprint density at radius 1 is 1.15 bits per heavy atom. The number of benzene rings is 1. The molecule has 1 aliphatic heterocycles. The van der Waals surface area contributed by atoms with Crippen molar-refractivity contribution in [1.29, 1.82) is 0 Å². The zero-order valence-corrected chi connectivity index (χ0v) is 12.4. The second kappa shape index (κ2) is 5.85. The summed E-state index contributed by atoms with van der Waals surface area (Å²) in [6, 6.07) is 10.2. The average Bonchev–Trinajstić information content (AvgIpc) is 2.84. The van der Waals surface area contributed by atoms with Gasteiger partial charge >= 0.3 is 0 Å². The lowest BCUT2D eigenvalue weighted by molar-refractivity contribution is 0.297. The van der Waals surface area contributed by atoms with E-state index in [1.807, 2.05) is 18.2 Å². The predicted molar refractivity (Wildman–Crippen MR) is 81.8 cm³/mol. The smallest absolute Gasteiger partial charge is 0.161 e. The molecule has 20 heavy (non-hydrogen) atoms. The predicted octanol–water partition coefficient (Wildman–Crippen LogP) is 3.52. The molecular weight excluding hydrogens is 270 g/mol. The summed E-state index contributed by atoms with van der Waals surface area (Å²) in [7, 11) is 0. The van der Waals surface area contributed by atoms with Crippen LogP contribution in [0.15, 0.2) is 30.3 Å². The summed E-state index contributed by atoms with van der Waals surface area (Å²) in [5.74, 6) is 1.63. The maximum atomic E-state index is 6.37. The molecule has 1 aromatic heterocycles. The molecule has 3 nitrogen and oxygen atoms in total. The molecule has 3 rings (SSSR count). The number of hydrogen-bond donors (Lipinski definition) is 1. The first-order valence-corrected chi connectivity index (χ1v) is 7.83. The standard InChI is InChI=1S/C16H19NO2S/c1-2-12-5-7-15(20-12)16(17)11-4-6-13-14(10-11)19-9-3-8-18-13/h4-7,10,16H,2-3,8-9,17H2,1H3. The average molecular weight is 289 g/mol. The first-order chi connectivity index (χ1) is 9.78. The van der Waals surface area contributed by atoms with Crippen LogP contribution < -0.4 is 15.2 Å². The van der Waals surface area contributed by atoms with E-state index in [1.54, 1.807) is 11.3 Å². The molecule has 4 heteroatoms. The summed E-state index contributed by atoms with van der Waals surface area (Å²) in [6.45, 7) is 3.57. The van der Waals surface area contributed by atoms with Crippen LogP contribution in [0, 0.1) is 0 Å². The second-order valence-electron chi connectivity index (χ2n) is 4.89. The SMILES string of the molecule is CCc1ccc(C(N)c2ccc3c(c2)OCCCO3)s1. The maximum absolute atomic E-state index is 6.37. The van der Waals surface area contributed by atoms with Gasteiger partial charge in [-0.25, -0.2) is 0 Å². The molecule has 0 fully saturated rings. The fourth-order valence-electron chi connectivity index (χ4n) is 2.29. The van der Waals surface area contributed by atoms with Crippen molar-refractivity contribution in [3.63, 3.8) is 0 Å². The Balaban J connectivity index is 1.87. The van der Waals surface area contributed by atoms with E-state index < -0.39 is 0 Å². The summed E-state index contributed by atoms with van der Waals surface area (Å²) in [4.78, 5) is 2.56. The molecule has 1 aliphatic rings. The van der Waals surface area contributed by atoms with Crippen LogP contribution in [0.5, 0.6) is 11.5 Å². The van der Waals surface area contributed by atoms with Gasteiger partial charge in [-0.3, -0.25) is 0 Å². The van der Waals surface area contributed by atoms with E-state index in [0.29, 0.717) is 13.2 Å². The van der Waals surface area contributed by atoms with Crippen molar-refractivity contribution >= 4 is 11.3 Å². The summed E-state index contributed by atoms with van der Waals surface area (Å²) in [5.41, 5.74) is 7.44. The lowest BCUT2D eigenvalue weighted by Crippen LogP contribution is -2.10. The first kappa shape index (κ1) is 13.5. The minimum absolute atomic E-state index is 0.0996. The van der Waals surface area contributed by atoms with Gasteiger partial charge in [-0.15, -0.1) is 11.3 Å². The van der Waals surface area contributed by atoms with Crippen LogP contribution in [0.2, 0.25) is 0 Å². The normalized spacial score (nSPS) is 15.7. The third kappa shape index (κ3) is 2.67. The van der Waals surface area contributed by atoms with Crippen molar-refractivity contribution in [3.05, 3.63) is 45.6 Å². The van der Waals surface area contributed by atoms with E-state index >= 15 is 0 Å². The highest BCUT2D eigenvalue weighted by molar-refractivity contribution is 7.12. The largest absolute Gasteiger partial charge is 0.490 e. The topological polar surface area (TPSA) is 44.5 Å². The summed E-state index contributed by atoms with van der Waals surface area (Å²) >= 11 is 1.78. The van der Waals surface area contributed by atoms with Gasteiger partial charge in [-0.2, -0.15) is 0 Å². The maximum Gasteiger partial charge on any atom is 0.161 e. The Hall–Kier alpha value is -1.52. The number of nitrogens with two attached hydrogens (primary N) is 1. The van der Waals surface area contributed by atoms with Gasteiger partial charge in [0.2, 0.25) is 0 Å². The number of aryl methyl sites for hydroxylation is 1. The Bertz CT molecular complexity index is 594. The van der Waals surface area contributed by atoms with Crippen LogP contribution in [0.25, 0.3) is 0 Å². The Morgan fingerprint density at radius 3 is 2.70 bits per heavy atom.